The largest absolute Gasteiger partial charge is 0.352 e. The average Bonchev–Trinajstić information content (AvgIpc) is 2.61. The second kappa shape index (κ2) is 9.91. The van der Waals surface area contributed by atoms with E-state index in [2.05, 4.69) is 5.32 Å². The van der Waals surface area contributed by atoms with Crippen molar-refractivity contribution < 1.29 is 9.59 Å². The Morgan fingerprint density at radius 3 is 2.26 bits per heavy atom. The Morgan fingerprint density at radius 1 is 1.00 bits per heavy atom. The third-order valence-electron chi connectivity index (χ3n) is 4.45. The lowest BCUT2D eigenvalue weighted by atomic mass is 10.0. The van der Waals surface area contributed by atoms with Gasteiger partial charge < -0.3 is 10.2 Å². The van der Waals surface area contributed by atoms with Gasteiger partial charge in [0, 0.05) is 12.6 Å². The van der Waals surface area contributed by atoms with Crippen LogP contribution in [0.15, 0.2) is 54.6 Å². The number of amides is 2. The SMILES string of the molecule is CC[C@H](C(=O)NC(C)C)N(Cc1ccccc1)C(=O)Cc1cccc(C)c1. The maximum Gasteiger partial charge on any atom is 0.243 e. The highest BCUT2D eigenvalue weighted by molar-refractivity contribution is 5.88. The summed E-state index contributed by atoms with van der Waals surface area (Å²) >= 11 is 0. The number of rotatable bonds is 8. The highest BCUT2D eigenvalue weighted by atomic mass is 16.2. The van der Waals surface area contributed by atoms with Gasteiger partial charge in [0.2, 0.25) is 11.8 Å². The zero-order chi connectivity index (χ0) is 19.8. The normalized spacial score (nSPS) is 11.9. The molecule has 0 spiro atoms. The first-order chi connectivity index (χ1) is 12.9. The number of aryl methyl sites for hydroxylation is 1. The van der Waals surface area contributed by atoms with Crippen molar-refractivity contribution in [3.8, 4) is 0 Å². The molecule has 144 valence electrons. The molecule has 1 atom stereocenters. The lowest BCUT2D eigenvalue weighted by Gasteiger charge is -2.31. The van der Waals surface area contributed by atoms with Crippen molar-refractivity contribution >= 4 is 11.8 Å². The second-order valence-electron chi connectivity index (χ2n) is 7.26. The number of nitrogens with zero attached hydrogens (tertiary/aromatic N) is 1. The van der Waals surface area contributed by atoms with E-state index in [4.69, 9.17) is 0 Å². The molecule has 0 aliphatic carbocycles. The van der Waals surface area contributed by atoms with Crippen LogP contribution >= 0.6 is 0 Å². The van der Waals surface area contributed by atoms with Crippen molar-refractivity contribution in [3.63, 3.8) is 0 Å². The van der Waals surface area contributed by atoms with Gasteiger partial charge in [-0.3, -0.25) is 9.59 Å². The minimum atomic E-state index is -0.482. The van der Waals surface area contributed by atoms with Crippen molar-refractivity contribution in [1.82, 2.24) is 10.2 Å². The van der Waals surface area contributed by atoms with Crippen LogP contribution in [0.1, 0.15) is 43.9 Å². The summed E-state index contributed by atoms with van der Waals surface area (Å²) < 4.78 is 0. The van der Waals surface area contributed by atoms with Gasteiger partial charge in [0.15, 0.2) is 0 Å². The Morgan fingerprint density at radius 2 is 1.67 bits per heavy atom. The van der Waals surface area contributed by atoms with Crippen molar-refractivity contribution in [2.45, 2.75) is 59.2 Å². The molecule has 2 aromatic rings. The summed E-state index contributed by atoms with van der Waals surface area (Å²) in [7, 11) is 0. The maximum absolute atomic E-state index is 13.2. The molecule has 0 bridgehead atoms. The predicted molar refractivity (Wildman–Crippen MR) is 109 cm³/mol. The molecule has 0 saturated carbocycles. The zero-order valence-corrected chi connectivity index (χ0v) is 16.7. The molecule has 4 heteroatoms. The number of hydrogen-bond donors (Lipinski definition) is 1. The van der Waals surface area contributed by atoms with E-state index >= 15 is 0 Å². The molecule has 0 aliphatic heterocycles. The fourth-order valence-electron chi connectivity index (χ4n) is 3.18. The van der Waals surface area contributed by atoms with Gasteiger partial charge in [0.05, 0.1) is 6.42 Å². The molecule has 0 radical (unpaired) electrons. The van der Waals surface area contributed by atoms with E-state index in [-0.39, 0.29) is 17.9 Å². The fraction of sp³-hybridized carbons (Fsp3) is 0.391. The fourth-order valence-corrected chi connectivity index (χ4v) is 3.18. The molecule has 0 saturated heterocycles. The lowest BCUT2D eigenvalue weighted by molar-refractivity contribution is -0.141. The van der Waals surface area contributed by atoms with Crippen molar-refractivity contribution in [2.24, 2.45) is 0 Å². The summed E-state index contributed by atoms with van der Waals surface area (Å²) in [6.07, 6.45) is 0.866. The summed E-state index contributed by atoms with van der Waals surface area (Å²) in [5.41, 5.74) is 3.11. The third kappa shape index (κ3) is 6.24. The lowest BCUT2D eigenvalue weighted by Crippen LogP contribution is -2.50. The molecule has 4 nitrogen and oxygen atoms in total. The van der Waals surface area contributed by atoms with Crippen molar-refractivity contribution in [3.05, 3.63) is 71.3 Å². The number of nitrogens with one attached hydrogen (secondary N) is 1. The topological polar surface area (TPSA) is 49.4 Å². The molecule has 2 rings (SSSR count). The quantitative estimate of drug-likeness (QED) is 0.771. The Balaban J connectivity index is 2.26. The smallest absolute Gasteiger partial charge is 0.243 e. The highest BCUT2D eigenvalue weighted by Crippen LogP contribution is 2.15. The van der Waals surface area contributed by atoms with E-state index in [1.165, 1.54) is 0 Å². The number of benzene rings is 2. The molecule has 0 aromatic heterocycles. The van der Waals surface area contributed by atoms with E-state index in [1.54, 1.807) is 4.90 Å². The van der Waals surface area contributed by atoms with Crippen LogP contribution in [-0.2, 0) is 22.6 Å². The first kappa shape index (κ1) is 20.7. The summed E-state index contributed by atoms with van der Waals surface area (Å²) in [4.78, 5) is 27.6. The monoisotopic (exact) mass is 366 g/mol. The molecule has 2 amide bonds. The summed E-state index contributed by atoms with van der Waals surface area (Å²) in [5, 5.41) is 2.96. The van der Waals surface area contributed by atoms with Crippen LogP contribution in [0.3, 0.4) is 0 Å². The predicted octanol–water partition coefficient (Wildman–Crippen LogP) is 3.87. The van der Waals surface area contributed by atoms with Gasteiger partial charge >= 0.3 is 0 Å². The van der Waals surface area contributed by atoms with Gasteiger partial charge in [0.25, 0.3) is 0 Å². The van der Waals surface area contributed by atoms with Gasteiger partial charge in [-0.2, -0.15) is 0 Å². The molecule has 0 aliphatic rings. The number of carbonyl (C=O) groups excluding carboxylic acids is 2. The minimum Gasteiger partial charge on any atom is -0.352 e. The third-order valence-corrected chi connectivity index (χ3v) is 4.45. The van der Waals surface area contributed by atoms with Crippen molar-refractivity contribution in [1.29, 1.82) is 0 Å². The van der Waals surface area contributed by atoms with Gasteiger partial charge in [0.1, 0.15) is 6.04 Å². The second-order valence-corrected chi connectivity index (χ2v) is 7.26. The Labute approximate surface area is 162 Å². The molecule has 27 heavy (non-hydrogen) atoms. The standard InChI is InChI=1S/C23H30N2O2/c1-5-21(23(27)24-17(2)3)25(16-19-11-7-6-8-12-19)22(26)15-20-13-9-10-18(4)14-20/h6-14,17,21H,5,15-16H2,1-4H3,(H,24,27)/t21-/m1/s1. The van der Waals surface area contributed by atoms with Crippen LogP contribution in [0.4, 0.5) is 0 Å². The molecule has 0 fully saturated rings. The molecule has 2 aromatic carbocycles. The van der Waals surface area contributed by atoms with Crippen molar-refractivity contribution in [2.75, 3.05) is 0 Å². The number of hydrogen-bond acceptors (Lipinski definition) is 2. The Hall–Kier alpha value is -2.62. The first-order valence-electron chi connectivity index (χ1n) is 9.60. The Bertz CT molecular complexity index is 756. The van der Waals surface area contributed by atoms with E-state index in [9.17, 15) is 9.59 Å². The minimum absolute atomic E-state index is 0.0322. The Kier molecular flexibility index (Phi) is 7.59. The zero-order valence-electron chi connectivity index (χ0n) is 16.7. The van der Waals surface area contributed by atoms with Gasteiger partial charge in [-0.05, 0) is 38.3 Å². The van der Waals surface area contributed by atoms with Crippen LogP contribution < -0.4 is 5.32 Å². The van der Waals surface area contributed by atoms with Gasteiger partial charge in [-0.15, -0.1) is 0 Å². The first-order valence-corrected chi connectivity index (χ1v) is 9.60. The molecule has 1 N–H and O–H groups in total. The highest BCUT2D eigenvalue weighted by Gasteiger charge is 2.28. The summed E-state index contributed by atoms with van der Waals surface area (Å²) in [5.74, 6) is -0.128. The molecular weight excluding hydrogens is 336 g/mol. The molecule has 0 heterocycles. The average molecular weight is 367 g/mol. The van der Waals surface area contributed by atoms with E-state index < -0.39 is 6.04 Å². The number of carbonyl (C=O) groups is 2. The van der Waals surface area contributed by atoms with E-state index in [0.717, 1.165) is 16.7 Å². The van der Waals surface area contributed by atoms with Crippen LogP contribution in [-0.4, -0.2) is 28.8 Å². The van der Waals surface area contributed by atoms with Crippen LogP contribution in [0.5, 0.6) is 0 Å². The van der Waals surface area contributed by atoms with Gasteiger partial charge in [-0.25, -0.2) is 0 Å². The summed E-state index contributed by atoms with van der Waals surface area (Å²) in [6.45, 7) is 8.25. The van der Waals surface area contributed by atoms with Crippen LogP contribution in [0.25, 0.3) is 0 Å². The van der Waals surface area contributed by atoms with E-state index in [0.29, 0.717) is 19.4 Å². The van der Waals surface area contributed by atoms with Crippen LogP contribution in [0, 0.1) is 6.92 Å². The maximum atomic E-state index is 13.2. The molecular formula is C23H30N2O2. The van der Waals surface area contributed by atoms with Crippen LogP contribution in [0.2, 0.25) is 0 Å². The summed E-state index contributed by atoms with van der Waals surface area (Å²) in [6, 6.07) is 17.3. The van der Waals surface area contributed by atoms with Gasteiger partial charge in [-0.1, -0.05) is 67.1 Å². The van der Waals surface area contributed by atoms with E-state index in [1.807, 2.05) is 82.3 Å². The molecule has 0 unspecified atom stereocenters.